The third-order valence-electron chi connectivity index (χ3n) is 2.26. The zero-order valence-electron chi connectivity index (χ0n) is 7.81. The largest absolute Gasteiger partial charge is 0.396 e. The van der Waals surface area contributed by atoms with Crippen LogP contribution in [0.1, 0.15) is 31.4 Å². The number of aromatic nitrogens is 1. The second-order valence-corrected chi connectivity index (χ2v) is 3.82. The minimum Gasteiger partial charge on any atom is -0.396 e. The van der Waals surface area contributed by atoms with E-state index in [2.05, 4.69) is 11.9 Å². The molecule has 0 saturated heterocycles. The van der Waals surface area contributed by atoms with Crippen molar-refractivity contribution in [2.75, 3.05) is 6.61 Å². The summed E-state index contributed by atoms with van der Waals surface area (Å²) < 4.78 is 0. The first kappa shape index (κ1) is 10.6. The van der Waals surface area contributed by atoms with Crippen LogP contribution < -0.4 is 5.73 Å². The maximum absolute atomic E-state index is 8.90. The summed E-state index contributed by atoms with van der Waals surface area (Å²) in [5.41, 5.74) is 8.78. The Morgan fingerprint density at radius 1 is 1.69 bits per heavy atom. The summed E-state index contributed by atoms with van der Waals surface area (Å²) in [5, 5.41) is 10.9. The van der Waals surface area contributed by atoms with Crippen LogP contribution in [0.2, 0.25) is 0 Å². The molecule has 1 heterocycles. The average Bonchev–Trinajstić information content (AvgIpc) is 2.65. The first-order valence-corrected chi connectivity index (χ1v) is 5.48. The molecule has 74 valence electrons. The normalized spacial score (nSPS) is 15.6. The van der Waals surface area contributed by atoms with E-state index in [0.29, 0.717) is 6.42 Å². The molecule has 2 atom stereocenters. The number of aliphatic hydroxyl groups excluding tert-OH is 1. The minimum atomic E-state index is 0.106. The van der Waals surface area contributed by atoms with Gasteiger partial charge in [-0.05, 0) is 12.8 Å². The molecule has 0 amide bonds. The fourth-order valence-electron chi connectivity index (χ4n) is 1.41. The lowest BCUT2D eigenvalue weighted by Crippen LogP contribution is -2.28. The van der Waals surface area contributed by atoms with E-state index in [9.17, 15) is 0 Å². The zero-order chi connectivity index (χ0) is 9.68. The summed E-state index contributed by atoms with van der Waals surface area (Å²) in [4.78, 5) is 4.23. The number of thiazole rings is 1. The second-order valence-electron chi connectivity index (χ2n) is 3.10. The van der Waals surface area contributed by atoms with Gasteiger partial charge in [-0.1, -0.05) is 6.92 Å². The van der Waals surface area contributed by atoms with E-state index >= 15 is 0 Å². The molecule has 0 radical (unpaired) electrons. The first-order chi connectivity index (χ1) is 6.29. The van der Waals surface area contributed by atoms with Gasteiger partial charge in [0.2, 0.25) is 0 Å². The summed E-state index contributed by atoms with van der Waals surface area (Å²) in [6, 6.07) is 0.106. The molecule has 0 spiro atoms. The fourth-order valence-corrected chi connectivity index (χ4v) is 2.03. The quantitative estimate of drug-likeness (QED) is 0.754. The van der Waals surface area contributed by atoms with E-state index < -0.39 is 0 Å². The van der Waals surface area contributed by atoms with Crippen molar-refractivity contribution in [1.82, 2.24) is 4.98 Å². The van der Waals surface area contributed by atoms with E-state index in [4.69, 9.17) is 10.8 Å². The highest BCUT2D eigenvalue weighted by Crippen LogP contribution is 2.23. The van der Waals surface area contributed by atoms with Gasteiger partial charge in [0.15, 0.2) is 0 Å². The van der Waals surface area contributed by atoms with Gasteiger partial charge in [-0.15, -0.1) is 11.3 Å². The number of hydrogen-bond donors (Lipinski definition) is 2. The van der Waals surface area contributed by atoms with Crippen LogP contribution in [-0.2, 0) is 0 Å². The number of hydrogen-bond acceptors (Lipinski definition) is 4. The van der Waals surface area contributed by atoms with Crippen LogP contribution >= 0.6 is 11.3 Å². The SMILES string of the molecule is CCC(N)C(CCO)c1cscn1. The van der Waals surface area contributed by atoms with Crippen molar-refractivity contribution < 1.29 is 5.11 Å². The third kappa shape index (κ3) is 2.76. The molecule has 4 heteroatoms. The van der Waals surface area contributed by atoms with Gasteiger partial charge >= 0.3 is 0 Å². The van der Waals surface area contributed by atoms with E-state index in [0.717, 1.165) is 12.1 Å². The molecule has 2 unspecified atom stereocenters. The zero-order valence-corrected chi connectivity index (χ0v) is 8.63. The molecule has 13 heavy (non-hydrogen) atoms. The number of nitrogens with zero attached hydrogens (tertiary/aromatic N) is 1. The van der Waals surface area contributed by atoms with Crippen molar-refractivity contribution in [3.8, 4) is 0 Å². The first-order valence-electron chi connectivity index (χ1n) is 4.54. The van der Waals surface area contributed by atoms with Gasteiger partial charge in [0.25, 0.3) is 0 Å². The number of aliphatic hydroxyl groups is 1. The summed E-state index contributed by atoms with van der Waals surface area (Å²) in [5.74, 6) is 0.209. The van der Waals surface area contributed by atoms with Crippen LogP contribution in [0.15, 0.2) is 10.9 Å². The van der Waals surface area contributed by atoms with Crippen molar-refractivity contribution >= 4 is 11.3 Å². The molecular formula is C9H16N2OS. The molecule has 0 fully saturated rings. The van der Waals surface area contributed by atoms with Crippen LogP contribution in [0.4, 0.5) is 0 Å². The Labute approximate surface area is 82.6 Å². The van der Waals surface area contributed by atoms with Crippen molar-refractivity contribution in [3.05, 3.63) is 16.6 Å². The van der Waals surface area contributed by atoms with Gasteiger partial charge in [-0.25, -0.2) is 4.98 Å². The molecule has 1 aromatic rings. The Hall–Kier alpha value is -0.450. The van der Waals surface area contributed by atoms with Crippen molar-refractivity contribution in [1.29, 1.82) is 0 Å². The predicted octanol–water partition coefficient (Wildman–Crippen LogP) is 1.35. The van der Waals surface area contributed by atoms with E-state index in [-0.39, 0.29) is 18.6 Å². The summed E-state index contributed by atoms with van der Waals surface area (Å²) in [6.07, 6.45) is 1.63. The molecular weight excluding hydrogens is 184 g/mol. The predicted molar refractivity (Wildman–Crippen MR) is 54.8 cm³/mol. The lowest BCUT2D eigenvalue weighted by Gasteiger charge is -2.19. The summed E-state index contributed by atoms with van der Waals surface area (Å²) in [6.45, 7) is 2.23. The highest BCUT2D eigenvalue weighted by atomic mass is 32.1. The van der Waals surface area contributed by atoms with E-state index in [1.807, 2.05) is 10.9 Å². The average molecular weight is 200 g/mol. The highest BCUT2D eigenvalue weighted by molar-refractivity contribution is 7.07. The van der Waals surface area contributed by atoms with E-state index in [1.54, 1.807) is 11.3 Å². The lowest BCUT2D eigenvalue weighted by atomic mass is 9.92. The molecule has 0 saturated carbocycles. The topological polar surface area (TPSA) is 59.1 Å². The van der Waals surface area contributed by atoms with Crippen LogP contribution in [0.5, 0.6) is 0 Å². The van der Waals surface area contributed by atoms with Gasteiger partial charge < -0.3 is 10.8 Å². The molecule has 1 aromatic heterocycles. The molecule has 0 aromatic carbocycles. The minimum absolute atomic E-state index is 0.106. The Morgan fingerprint density at radius 2 is 2.46 bits per heavy atom. The molecule has 0 aliphatic rings. The monoisotopic (exact) mass is 200 g/mol. The molecule has 1 rings (SSSR count). The molecule has 0 aliphatic carbocycles. The fraction of sp³-hybridized carbons (Fsp3) is 0.667. The molecule has 3 N–H and O–H groups in total. The van der Waals surface area contributed by atoms with Gasteiger partial charge in [0.1, 0.15) is 0 Å². The molecule has 0 aliphatic heterocycles. The maximum atomic E-state index is 8.90. The lowest BCUT2D eigenvalue weighted by molar-refractivity contribution is 0.265. The van der Waals surface area contributed by atoms with Gasteiger partial charge in [-0.2, -0.15) is 0 Å². The van der Waals surface area contributed by atoms with Crippen LogP contribution in [0, 0.1) is 0 Å². The van der Waals surface area contributed by atoms with Gasteiger partial charge in [0, 0.05) is 23.9 Å². The third-order valence-corrected chi connectivity index (χ3v) is 2.86. The van der Waals surface area contributed by atoms with Crippen molar-refractivity contribution in [3.63, 3.8) is 0 Å². The van der Waals surface area contributed by atoms with Gasteiger partial charge in [-0.3, -0.25) is 0 Å². The van der Waals surface area contributed by atoms with Crippen LogP contribution in [0.3, 0.4) is 0 Å². The van der Waals surface area contributed by atoms with Gasteiger partial charge in [0.05, 0.1) is 11.2 Å². The van der Waals surface area contributed by atoms with Crippen molar-refractivity contribution in [2.24, 2.45) is 5.73 Å². The molecule has 0 bridgehead atoms. The Balaban J connectivity index is 2.68. The second kappa shape index (κ2) is 5.32. The summed E-state index contributed by atoms with van der Waals surface area (Å²) in [7, 11) is 0. The van der Waals surface area contributed by atoms with E-state index in [1.165, 1.54) is 0 Å². The standard InChI is InChI=1S/C9H16N2OS/c1-2-8(10)7(3-4-12)9-5-13-6-11-9/h5-8,12H,2-4,10H2,1H3. The number of nitrogens with two attached hydrogens (primary N) is 1. The van der Waals surface area contributed by atoms with Crippen molar-refractivity contribution in [2.45, 2.75) is 31.7 Å². The summed E-state index contributed by atoms with van der Waals surface area (Å²) >= 11 is 1.57. The Bertz CT molecular complexity index is 226. The Morgan fingerprint density at radius 3 is 2.92 bits per heavy atom. The molecule has 3 nitrogen and oxygen atoms in total. The van der Waals surface area contributed by atoms with Crippen LogP contribution in [-0.4, -0.2) is 22.7 Å². The smallest absolute Gasteiger partial charge is 0.0794 e. The number of rotatable bonds is 5. The highest BCUT2D eigenvalue weighted by Gasteiger charge is 2.19. The van der Waals surface area contributed by atoms with Crippen LogP contribution in [0.25, 0.3) is 0 Å². The maximum Gasteiger partial charge on any atom is 0.0794 e. The Kier molecular flexibility index (Phi) is 4.35.